The van der Waals surface area contributed by atoms with Gasteiger partial charge in [-0.25, -0.2) is 9.18 Å². The third kappa shape index (κ3) is 4.14. The van der Waals surface area contributed by atoms with E-state index in [1.165, 1.54) is 30.5 Å². The fourth-order valence-corrected chi connectivity index (χ4v) is 2.14. The number of carbonyl (C=O) groups is 1. The van der Waals surface area contributed by atoms with Crippen LogP contribution in [0.2, 0.25) is 0 Å². The molecular formula is C17H11FN4O3S. The Morgan fingerprint density at radius 3 is 2.54 bits per heavy atom. The maximum Gasteiger partial charge on any atom is 0.343 e. The lowest BCUT2D eigenvalue weighted by molar-refractivity contribution is 0.0734. The van der Waals surface area contributed by atoms with E-state index < -0.39 is 17.3 Å². The molecule has 1 aromatic heterocycles. The number of benzene rings is 2. The van der Waals surface area contributed by atoms with Crippen LogP contribution in [-0.2, 0) is 0 Å². The Bertz CT molecular complexity index is 1040. The molecule has 0 amide bonds. The molecule has 0 saturated carbocycles. The number of hydrogen-bond donors (Lipinski definition) is 1. The van der Waals surface area contributed by atoms with E-state index in [2.05, 4.69) is 15.3 Å². The molecule has 0 aliphatic heterocycles. The van der Waals surface area contributed by atoms with Crippen LogP contribution in [0, 0.1) is 10.6 Å². The second-order valence-corrected chi connectivity index (χ2v) is 5.42. The van der Waals surface area contributed by atoms with E-state index in [4.69, 9.17) is 17.0 Å². The molecule has 0 radical (unpaired) electrons. The maximum atomic E-state index is 12.9. The monoisotopic (exact) mass is 370 g/mol. The van der Waals surface area contributed by atoms with E-state index in [1.807, 2.05) is 0 Å². The summed E-state index contributed by atoms with van der Waals surface area (Å²) in [6, 6.07) is 11.5. The number of hydrogen-bond acceptors (Lipinski definition) is 6. The van der Waals surface area contributed by atoms with Crippen LogP contribution in [0.3, 0.4) is 0 Å². The van der Waals surface area contributed by atoms with Gasteiger partial charge in [-0.1, -0.05) is 0 Å². The van der Waals surface area contributed by atoms with Gasteiger partial charge in [0, 0.05) is 0 Å². The zero-order valence-electron chi connectivity index (χ0n) is 13.1. The van der Waals surface area contributed by atoms with Crippen molar-refractivity contribution in [1.82, 2.24) is 14.9 Å². The van der Waals surface area contributed by atoms with Gasteiger partial charge in [-0.3, -0.25) is 9.89 Å². The molecule has 0 aliphatic carbocycles. The highest BCUT2D eigenvalue weighted by atomic mass is 32.1. The first-order valence-electron chi connectivity index (χ1n) is 7.32. The van der Waals surface area contributed by atoms with E-state index in [0.717, 1.165) is 10.9 Å². The van der Waals surface area contributed by atoms with Crippen molar-refractivity contribution in [2.24, 2.45) is 5.10 Å². The molecule has 0 spiro atoms. The number of nitrogens with one attached hydrogen (secondary N) is 1. The minimum Gasteiger partial charge on any atom is -0.423 e. The van der Waals surface area contributed by atoms with Crippen molar-refractivity contribution in [3.63, 3.8) is 0 Å². The summed E-state index contributed by atoms with van der Waals surface area (Å²) in [4.78, 5) is 23.6. The van der Waals surface area contributed by atoms with Gasteiger partial charge in [0.05, 0.1) is 11.8 Å². The van der Waals surface area contributed by atoms with Gasteiger partial charge in [-0.05, 0) is 66.3 Å². The van der Waals surface area contributed by atoms with E-state index in [1.54, 1.807) is 24.3 Å². The van der Waals surface area contributed by atoms with Crippen molar-refractivity contribution in [3.8, 4) is 5.75 Å². The first kappa shape index (κ1) is 17.4. The SMILES string of the molecule is O=C(Oc1ccc(/C=N\n2c(=O)cn[nH]c2=S)cc1)c1ccc(F)cc1. The smallest absolute Gasteiger partial charge is 0.343 e. The Kier molecular flexibility index (Phi) is 5.09. The van der Waals surface area contributed by atoms with E-state index in [9.17, 15) is 14.0 Å². The van der Waals surface area contributed by atoms with Gasteiger partial charge >= 0.3 is 5.97 Å². The Morgan fingerprint density at radius 2 is 1.88 bits per heavy atom. The van der Waals surface area contributed by atoms with Gasteiger partial charge in [0.2, 0.25) is 4.77 Å². The molecule has 0 unspecified atom stereocenters. The van der Waals surface area contributed by atoms with Crippen LogP contribution in [0.25, 0.3) is 0 Å². The molecule has 3 rings (SSSR count). The van der Waals surface area contributed by atoms with Gasteiger partial charge in [0.25, 0.3) is 5.56 Å². The molecule has 26 heavy (non-hydrogen) atoms. The van der Waals surface area contributed by atoms with Crippen LogP contribution in [0.1, 0.15) is 15.9 Å². The highest BCUT2D eigenvalue weighted by Gasteiger charge is 2.08. The predicted molar refractivity (Wildman–Crippen MR) is 94.5 cm³/mol. The molecule has 0 fully saturated rings. The molecular weight excluding hydrogens is 359 g/mol. The molecule has 0 atom stereocenters. The number of aromatic nitrogens is 3. The number of esters is 1. The fourth-order valence-electron chi connectivity index (χ4n) is 1.95. The summed E-state index contributed by atoms with van der Waals surface area (Å²) in [5.74, 6) is -0.714. The molecule has 7 nitrogen and oxygen atoms in total. The summed E-state index contributed by atoms with van der Waals surface area (Å²) in [7, 11) is 0. The molecule has 3 aromatic rings. The van der Waals surface area contributed by atoms with E-state index >= 15 is 0 Å². The second kappa shape index (κ2) is 7.62. The van der Waals surface area contributed by atoms with Crippen molar-refractivity contribution in [2.45, 2.75) is 0 Å². The lowest BCUT2D eigenvalue weighted by Crippen LogP contribution is -2.18. The van der Waals surface area contributed by atoms with Crippen molar-refractivity contribution in [1.29, 1.82) is 0 Å². The largest absolute Gasteiger partial charge is 0.423 e. The highest BCUT2D eigenvalue weighted by Crippen LogP contribution is 2.14. The van der Waals surface area contributed by atoms with Gasteiger partial charge in [-0.2, -0.15) is 14.9 Å². The van der Waals surface area contributed by atoms with E-state index in [-0.39, 0.29) is 10.3 Å². The first-order valence-corrected chi connectivity index (χ1v) is 7.73. The topological polar surface area (TPSA) is 89.3 Å². The van der Waals surface area contributed by atoms with Crippen molar-refractivity contribution in [3.05, 3.63) is 86.8 Å². The number of H-pyrrole nitrogens is 1. The zero-order chi connectivity index (χ0) is 18.5. The normalized spacial score (nSPS) is 10.8. The van der Waals surface area contributed by atoms with Crippen LogP contribution < -0.4 is 10.3 Å². The number of nitrogens with zero attached hydrogens (tertiary/aromatic N) is 3. The second-order valence-electron chi connectivity index (χ2n) is 5.04. The minimum absolute atomic E-state index is 0.0681. The van der Waals surface area contributed by atoms with Gasteiger partial charge < -0.3 is 4.74 Å². The van der Waals surface area contributed by atoms with Crippen LogP contribution in [0.15, 0.2) is 64.6 Å². The zero-order valence-corrected chi connectivity index (χ0v) is 13.9. The van der Waals surface area contributed by atoms with Crippen molar-refractivity contribution in [2.75, 3.05) is 0 Å². The third-order valence-electron chi connectivity index (χ3n) is 3.23. The molecule has 0 bridgehead atoms. The average Bonchev–Trinajstić information content (AvgIpc) is 2.63. The number of rotatable bonds is 4. The summed E-state index contributed by atoms with van der Waals surface area (Å²) in [6.07, 6.45) is 2.49. The number of ether oxygens (including phenoxy) is 1. The molecule has 9 heteroatoms. The Balaban J connectivity index is 1.71. The van der Waals surface area contributed by atoms with E-state index in [0.29, 0.717) is 11.3 Å². The van der Waals surface area contributed by atoms with Crippen LogP contribution in [0.5, 0.6) is 5.75 Å². The Labute approximate surface area is 151 Å². The molecule has 1 N–H and O–H groups in total. The highest BCUT2D eigenvalue weighted by molar-refractivity contribution is 7.71. The molecule has 1 heterocycles. The van der Waals surface area contributed by atoms with Crippen molar-refractivity contribution < 1.29 is 13.9 Å². The molecule has 0 saturated heterocycles. The first-order chi connectivity index (χ1) is 12.5. The standard InChI is InChI=1S/C17H11FN4O3S/c18-13-5-3-12(4-6-13)16(24)25-14-7-1-11(2-8-14)9-20-22-15(23)10-19-21-17(22)26/h1-10H,(H,21,26)/b20-9-. The van der Waals surface area contributed by atoms with Crippen molar-refractivity contribution >= 4 is 24.4 Å². The number of carbonyl (C=O) groups excluding carboxylic acids is 1. The summed E-state index contributed by atoms with van der Waals surface area (Å²) in [6.45, 7) is 0. The predicted octanol–water partition coefficient (Wildman–Crippen LogP) is 2.54. The summed E-state index contributed by atoms with van der Waals surface area (Å²) < 4.78 is 19.1. The maximum absolute atomic E-state index is 12.9. The Morgan fingerprint density at radius 1 is 1.19 bits per heavy atom. The van der Waals surface area contributed by atoms with Gasteiger partial charge in [0.1, 0.15) is 17.8 Å². The Hall–Kier alpha value is -3.46. The van der Waals surface area contributed by atoms with Gasteiger partial charge in [0.15, 0.2) is 0 Å². The summed E-state index contributed by atoms with van der Waals surface area (Å²) >= 11 is 4.93. The quantitative estimate of drug-likeness (QED) is 0.330. The summed E-state index contributed by atoms with van der Waals surface area (Å²) in [5, 5.41) is 10.0. The lowest BCUT2D eigenvalue weighted by Gasteiger charge is -2.04. The molecule has 130 valence electrons. The average molecular weight is 370 g/mol. The summed E-state index contributed by atoms with van der Waals surface area (Å²) in [5.41, 5.74) is 0.433. The fraction of sp³-hybridized carbons (Fsp3) is 0. The lowest BCUT2D eigenvalue weighted by atomic mass is 10.2. The van der Waals surface area contributed by atoms with Crippen LogP contribution in [0.4, 0.5) is 4.39 Å². The molecule has 2 aromatic carbocycles. The van der Waals surface area contributed by atoms with Crippen LogP contribution >= 0.6 is 12.2 Å². The molecule has 0 aliphatic rings. The number of halogens is 1. The third-order valence-corrected chi connectivity index (χ3v) is 3.49. The van der Waals surface area contributed by atoms with Crippen LogP contribution in [-0.4, -0.2) is 27.1 Å². The van der Waals surface area contributed by atoms with Gasteiger partial charge in [-0.15, -0.1) is 0 Å². The number of aromatic amines is 1. The minimum atomic E-state index is -0.596.